The smallest absolute Gasteiger partial charge is 0.234 e. The first-order valence-electron chi connectivity index (χ1n) is 6.18. The molecule has 0 aromatic heterocycles. The highest BCUT2D eigenvalue weighted by Crippen LogP contribution is 2.56. The fraction of sp³-hybridized carbons (Fsp3) is 0.692. The van der Waals surface area contributed by atoms with E-state index in [9.17, 15) is 9.59 Å². The van der Waals surface area contributed by atoms with Crippen molar-refractivity contribution in [1.82, 2.24) is 4.90 Å². The molecule has 4 aliphatic rings. The van der Waals surface area contributed by atoms with E-state index in [2.05, 4.69) is 12.2 Å². The van der Waals surface area contributed by atoms with Crippen LogP contribution >= 0.6 is 0 Å². The maximum absolute atomic E-state index is 12.3. The summed E-state index contributed by atoms with van der Waals surface area (Å²) in [5.74, 6) is 0.899. The summed E-state index contributed by atoms with van der Waals surface area (Å²) in [5, 5.41) is 0. The summed E-state index contributed by atoms with van der Waals surface area (Å²) in [6.45, 7) is 2.04. The third-order valence-corrected chi connectivity index (χ3v) is 4.98. The third kappa shape index (κ3) is 0.827. The van der Waals surface area contributed by atoms with E-state index in [4.69, 9.17) is 0 Å². The Kier molecular flexibility index (Phi) is 1.35. The monoisotopic (exact) mass is 217 g/mol. The van der Waals surface area contributed by atoms with Crippen molar-refractivity contribution in [3.05, 3.63) is 12.2 Å². The summed E-state index contributed by atoms with van der Waals surface area (Å²) in [6, 6.07) is 0. The number of carbonyl (C=O) groups is 2. The zero-order chi connectivity index (χ0) is 11.1. The number of hydrogen-bond acceptors (Lipinski definition) is 2. The topological polar surface area (TPSA) is 37.4 Å². The summed E-state index contributed by atoms with van der Waals surface area (Å²) >= 11 is 0. The predicted molar refractivity (Wildman–Crippen MR) is 57.2 cm³/mol. The van der Waals surface area contributed by atoms with E-state index in [0.29, 0.717) is 11.8 Å². The molecule has 3 nitrogen and oxygen atoms in total. The first-order chi connectivity index (χ1) is 7.62. The van der Waals surface area contributed by atoms with Gasteiger partial charge in [-0.05, 0) is 38.0 Å². The summed E-state index contributed by atoms with van der Waals surface area (Å²) in [4.78, 5) is 26.3. The first-order valence-corrected chi connectivity index (χ1v) is 6.18. The maximum Gasteiger partial charge on any atom is 0.234 e. The number of likely N-dealkylation sites (tertiary alicyclic amines) is 1. The van der Waals surface area contributed by atoms with Crippen LogP contribution in [0, 0.1) is 23.7 Å². The van der Waals surface area contributed by atoms with Crippen LogP contribution in [0.4, 0.5) is 0 Å². The molecule has 1 heterocycles. The lowest BCUT2D eigenvalue weighted by molar-refractivity contribution is -0.143. The molecule has 16 heavy (non-hydrogen) atoms. The van der Waals surface area contributed by atoms with Gasteiger partial charge in [0, 0.05) is 5.54 Å². The normalized spacial score (nSPS) is 46.7. The lowest BCUT2D eigenvalue weighted by atomic mass is 9.85. The fourth-order valence-electron chi connectivity index (χ4n) is 3.84. The molecule has 2 bridgehead atoms. The van der Waals surface area contributed by atoms with Crippen LogP contribution in [0.5, 0.6) is 0 Å². The van der Waals surface area contributed by atoms with Crippen molar-refractivity contribution in [1.29, 1.82) is 0 Å². The lowest BCUT2D eigenvalue weighted by Crippen LogP contribution is -2.41. The van der Waals surface area contributed by atoms with Gasteiger partial charge in [0.2, 0.25) is 11.8 Å². The number of hydrogen-bond donors (Lipinski definition) is 0. The molecule has 4 atom stereocenters. The van der Waals surface area contributed by atoms with E-state index in [1.54, 1.807) is 4.90 Å². The van der Waals surface area contributed by atoms with Crippen molar-refractivity contribution < 1.29 is 9.59 Å². The SMILES string of the molecule is CC1(N2C(=O)C3C4C=CC(C4)C3C2=O)CC1. The van der Waals surface area contributed by atoms with Crippen LogP contribution < -0.4 is 0 Å². The molecular weight excluding hydrogens is 202 g/mol. The van der Waals surface area contributed by atoms with Crippen LogP contribution in [0.15, 0.2) is 12.2 Å². The van der Waals surface area contributed by atoms with Gasteiger partial charge < -0.3 is 0 Å². The molecule has 0 spiro atoms. The molecule has 0 aromatic carbocycles. The van der Waals surface area contributed by atoms with Crippen molar-refractivity contribution in [2.75, 3.05) is 0 Å². The molecule has 3 fully saturated rings. The average Bonchev–Trinajstić information content (AvgIpc) is 2.69. The molecule has 2 saturated carbocycles. The molecule has 3 heteroatoms. The number of rotatable bonds is 1. The first kappa shape index (κ1) is 8.97. The van der Waals surface area contributed by atoms with Gasteiger partial charge in [-0.3, -0.25) is 14.5 Å². The van der Waals surface area contributed by atoms with Gasteiger partial charge in [0.15, 0.2) is 0 Å². The molecule has 1 aliphatic heterocycles. The Labute approximate surface area is 94.5 Å². The number of allylic oxidation sites excluding steroid dienone is 2. The molecule has 0 aromatic rings. The number of carbonyl (C=O) groups excluding carboxylic acids is 2. The molecule has 1 saturated heterocycles. The second-order valence-electron chi connectivity index (χ2n) is 6.01. The van der Waals surface area contributed by atoms with Crippen molar-refractivity contribution in [3.63, 3.8) is 0 Å². The van der Waals surface area contributed by atoms with Crippen LogP contribution in [0.1, 0.15) is 26.2 Å². The summed E-state index contributed by atoms with van der Waals surface area (Å²) < 4.78 is 0. The van der Waals surface area contributed by atoms with E-state index in [1.165, 1.54) is 0 Å². The van der Waals surface area contributed by atoms with Crippen LogP contribution in [0.3, 0.4) is 0 Å². The molecule has 84 valence electrons. The van der Waals surface area contributed by atoms with Gasteiger partial charge in [-0.2, -0.15) is 0 Å². The third-order valence-electron chi connectivity index (χ3n) is 4.98. The maximum atomic E-state index is 12.3. The Balaban J connectivity index is 1.77. The number of imide groups is 1. The molecule has 2 amide bonds. The number of fused-ring (bicyclic) bond motifs is 5. The minimum Gasteiger partial charge on any atom is -0.276 e. The van der Waals surface area contributed by atoms with E-state index in [-0.39, 0.29) is 29.2 Å². The van der Waals surface area contributed by atoms with E-state index < -0.39 is 0 Å². The molecule has 4 rings (SSSR count). The highest BCUT2D eigenvalue weighted by molar-refractivity contribution is 6.07. The molecule has 3 aliphatic carbocycles. The van der Waals surface area contributed by atoms with E-state index >= 15 is 0 Å². The Morgan fingerprint density at radius 3 is 2.06 bits per heavy atom. The molecule has 4 unspecified atom stereocenters. The van der Waals surface area contributed by atoms with Gasteiger partial charge in [-0.15, -0.1) is 0 Å². The van der Waals surface area contributed by atoms with Crippen LogP contribution in [-0.2, 0) is 9.59 Å². The van der Waals surface area contributed by atoms with Crippen molar-refractivity contribution in [2.24, 2.45) is 23.7 Å². The average molecular weight is 217 g/mol. The standard InChI is InChI=1S/C13H15NO2/c1-13(4-5-13)14-11(15)9-7-2-3-8(6-7)10(9)12(14)16/h2-3,7-10H,4-6H2,1H3. The fourth-order valence-corrected chi connectivity index (χ4v) is 3.84. The minimum absolute atomic E-state index is 0.0140. The van der Waals surface area contributed by atoms with Crippen molar-refractivity contribution in [2.45, 2.75) is 31.7 Å². The minimum atomic E-state index is -0.127. The van der Waals surface area contributed by atoms with Crippen molar-refractivity contribution in [3.8, 4) is 0 Å². The lowest BCUT2D eigenvalue weighted by Gasteiger charge is -2.23. The predicted octanol–water partition coefficient (Wildman–Crippen LogP) is 1.35. The summed E-state index contributed by atoms with van der Waals surface area (Å²) in [7, 11) is 0. The van der Waals surface area contributed by atoms with Crippen molar-refractivity contribution >= 4 is 11.8 Å². The van der Waals surface area contributed by atoms with Crippen LogP contribution in [0.2, 0.25) is 0 Å². The number of nitrogens with zero attached hydrogens (tertiary/aromatic N) is 1. The molecule has 0 N–H and O–H groups in total. The highest BCUT2D eigenvalue weighted by Gasteiger charge is 2.64. The Bertz CT molecular complexity index is 405. The molecule has 0 radical (unpaired) electrons. The number of amides is 2. The second kappa shape index (κ2) is 2.41. The van der Waals surface area contributed by atoms with Gasteiger partial charge in [0.25, 0.3) is 0 Å². The largest absolute Gasteiger partial charge is 0.276 e. The van der Waals surface area contributed by atoms with E-state index in [0.717, 1.165) is 19.3 Å². The highest BCUT2D eigenvalue weighted by atomic mass is 16.2. The van der Waals surface area contributed by atoms with Gasteiger partial charge in [0.1, 0.15) is 0 Å². The van der Waals surface area contributed by atoms with Gasteiger partial charge >= 0.3 is 0 Å². The second-order valence-corrected chi connectivity index (χ2v) is 6.01. The molecular formula is C13H15NO2. The Morgan fingerprint density at radius 2 is 1.62 bits per heavy atom. The van der Waals surface area contributed by atoms with Crippen LogP contribution in [-0.4, -0.2) is 22.3 Å². The van der Waals surface area contributed by atoms with Gasteiger partial charge in [-0.25, -0.2) is 0 Å². The van der Waals surface area contributed by atoms with Crippen LogP contribution in [0.25, 0.3) is 0 Å². The summed E-state index contributed by atoms with van der Waals surface area (Å²) in [6.07, 6.45) is 7.31. The zero-order valence-electron chi connectivity index (χ0n) is 9.35. The van der Waals surface area contributed by atoms with E-state index in [1.807, 2.05) is 6.92 Å². The summed E-state index contributed by atoms with van der Waals surface area (Å²) in [5.41, 5.74) is -0.127. The van der Waals surface area contributed by atoms with Gasteiger partial charge in [0.05, 0.1) is 11.8 Å². The Hall–Kier alpha value is -1.12. The zero-order valence-corrected chi connectivity index (χ0v) is 9.35. The quantitative estimate of drug-likeness (QED) is 0.491. The Morgan fingerprint density at radius 1 is 1.12 bits per heavy atom. The van der Waals surface area contributed by atoms with Gasteiger partial charge in [-0.1, -0.05) is 12.2 Å².